The topological polar surface area (TPSA) is 26.0 Å². The summed E-state index contributed by atoms with van der Waals surface area (Å²) in [6, 6.07) is 8.89. The maximum atomic E-state index is 6.18. The average molecular weight is 321 g/mol. The molecule has 2 aromatic carbocycles. The fraction of sp³-hybridized carbons (Fsp3) is 0.0769. The summed E-state index contributed by atoms with van der Waals surface area (Å²) in [6.45, 7) is 0.360. The van der Waals surface area contributed by atoms with Gasteiger partial charge in [0.05, 0.1) is 10.0 Å². The molecule has 2 N–H and O–H groups in total. The number of benzene rings is 2. The van der Waals surface area contributed by atoms with Crippen molar-refractivity contribution in [3.05, 3.63) is 56.0 Å². The van der Waals surface area contributed by atoms with Crippen LogP contribution in [0.5, 0.6) is 0 Å². The Kier molecular flexibility index (Phi) is 4.41. The first-order valence-electron chi connectivity index (χ1n) is 5.16. The quantitative estimate of drug-likeness (QED) is 0.734. The maximum Gasteiger partial charge on any atom is 0.0671 e. The zero-order valence-corrected chi connectivity index (χ0v) is 12.2. The molecule has 0 aliphatic carbocycles. The lowest BCUT2D eigenvalue weighted by Gasteiger charge is -2.09. The summed E-state index contributed by atoms with van der Waals surface area (Å²) < 4.78 is 0. The van der Waals surface area contributed by atoms with Gasteiger partial charge in [-0.2, -0.15) is 0 Å². The van der Waals surface area contributed by atoms with Gasteiger partial charge in [-0.05, 0) is 35.4 Å². The van der Waals surface area contributed by atoms with Crippen LogP contribution in [0.25, 0.3) is 11.1 Å². The number of halogens is 4. The van der Waals surface area contributed by atoms with Crippen LogP contribution in [-0.2, 0) is 6.54 Å². The molecule has 94 valence electrons. The van der Waals surface area contributed by atoms with Gasteiger partial charge in [0, 0.05) is 22.2 Å². The molecule has 0 bridgehead atoms. The van der Waals surface area contributed by atoms with Crippen molar-refractivity contribution in [2.45, 2.75) is 6.54 Å². The molecular weight excluding hydrogens is 312 g/mol. The predicted molar refractivity (Wildman–Crippen MR) is 79.8 cm³/mol. The molecule has 2 aromatic rings. The number of hydrogen-bond donors (Lipinski definition) is 1. The van der Waals surface area contributed by atoms with E-state index in [0.717, 1.165) is 16.7 Å². The van der Waals surface area contributed by atoms with Gasteiger partial charge in [-0.1, -0.05) is 52.5 Å². The van der Waals surface area contributed by atoms with Gasteiger partial charge in [-0.25, -0.2) is 0 Å². The van der Waals surface area contributed by atoms with Crippen LogP contribution in [0.1, 0.15) is 5.56 Å². The van der Waals surface area contributed by atoms with Gasteiger partial charge in [0.25, 0.3) is 0 Å². The Morgan fingerprint density at radius 3 is 2.28 bits per heavy atom. The van der Waals surface area contributed by atoms with E-state index in [1.165, 1.54) is 0 Å². The van der Waals surface area contributed by atoms with Crippen LogP contribution in [0.3, 0.4) is 0 Å². The zero-order valence-electron chi connectivity index (χ0n) is 9.18. The lowest BCUT2D eigenvalue weighted by molar-refractivity contribution is 1.07. The minimum Gasteiger partial charge on any atom is -0.326 e. The molecule has 0 unspecified atom stereocenters. The first kappa shape index (κ1) is 14.0. The van der Waals surface area contributed by atoms with E-state index >= 15 is 0 Å². The Balaban J connectivity index is 2.62. The van der Waals surface area contributed by atoms with E-state index < -0.39 is 0 Å². The third-order valence-electron chi connectivity index (χ3n) is 2.57. The standard InChI is InChI=1S/C13H9Cl4N/c14-9-4-10(13(17)12(16)5-9)7-1-2-11(15)8(3-7)6-18/h1-5H,6,18H2. The van der Waals surface area contributed by atoms with Gasteiger partial charge in [0.2, 0.25) is 0 Å². The van der Waals surface area contributed by atoms with Crippen LogP contribution in [-0.4, -0.2) is 0 Å². The largest absolute Gasteiger partial charge is 0.326 e. The second-order valence-corrected chi connectivity index (χ2v) is 5.39. The van der Waals surface area contributed by atoms with Crippen LogP contribution in [0.15, 0.2) is 30.3 Å². The molecule has 0 radical (unpaired) electrons. The molecular formula is C13H9Cl4N. The van der Waals surface area contributed by atoms with E-state index in [9.17, 15) is 0 Å². The molecule has 0 spiro atoms. The van der Waals surface area contributed by atoms with Crippen LogP contribution in [0.4, 0.5) is 0 Å². The van der Waals surface area contributed by atoms with E-state index in [-0.39, 0.29) is 0 Å². The second-order valence-electron chi connectivity index (χ2n) is 3.76. The first-order valence-corrected chi connectivity index (χ1v) is 6.67. The smallest absolute Gasteiger partial charge is 0.0671 e. The Morgan fingerprint density at radius 1 is 0.889 bits per heavy atom. The summed E-state index contributed by atoms with van der Waals surface area (Å²) >= 11 is 24.2. The Bertz CT molecular complexity index is 596. The predicted octanol–water partition coefficient (Wildman–Crippen LogP) is 5.43. The highest BCUT2D eigenvalue weighted by molar-refractivity contribution is 6.45. The fourth-order valence-electron chi connectivity index (χ4n) is 1.66. The highest BCUT2D eigenvalue weighted by Crippen LogP contribution is 2.37. The molecule has 0 heterocycles. The normalized spacial score (nSPS) is 10.7. The molecule has 0 saturated heterocycles. The molecule has 1 nitrogen and oxygen atoms in total. The van der Waals surface area contributed by atoms with Crippen molar-refractivity contribution < 1.29 is 0 Å². The van der Waals surface area contributed by atoms with E-state index in [1.807, 2.05) is 12.1 Å². The monoisotopic (exact) mass is 319 g/mol. The molecule has 0 aliphatic rings. The fourth-order valence-corrected chi connectivity index (χ4v) is 2.57. The van der Waals surface area contributed by atoms with Gasteiger partial charge in [-0.3, -0.25) is 0 Å². The molecule has 0 fully saturated rings. The lowest BCUT2D eigenvalue weighted by Crippen LogP contribution is -1.97. The van der Waals surface area contributed by atoms with Crippen molar-refractivity contribution in [2.24, 2.45) is 5.73 Å². The van der Waals surface area contributed by atoms with Crippen molar-refractivity contribution in [3.63, 3.8) is 0 Å². The summed E-state index contributed by atoms with van der Waals surface area (Å²) in [5.74, 6) is 0. The molecule has 0 aliphatic heterocycles. The first-order chi connectivity index (χ1) is 8.52. The Morgan fingerprint density at radius 2 is 1.61 bits per heavy atom. The van der Waals surface area contributed by atoms with Crippen LogP contribution in [0.2, 0.25) is 20.1 Å². The Labute approximate surface area is 125 Å². The van der Waals surface area contributed by atoms with E-state index in [2.05, 4.69) is 0 Å². The summed E-state index contributed by atoms with van der Waals surface area (Å²) in [4.78, 5) is 0. The molecule has 0 atom stereocenters. The molecule has 0 amide bonds. The summed E-state index contributed by atoms with van der Waals surface area (Å²) in [6.07, 6.45) is 0. The molecule has 2 rings (SSSR count). The number of hydrogen-bond acceptors (Lipinski definition) is 1. The SMILES string of the molecule is NCc1cc(-c2cc(Cl)cc(Cl)c2Cl)ccc1Cl. The summed E-state index contributed by atoms with van der Waals surface area (Å²) in [7, 11) is 0. The summed E-state index contributed by atoms with van der Waals surface area (Å²) in [5.41, 5.74) is 8.12. The third kappa shape index (κ3) is 2.76. The molecule has 0 aromatic heterocycles. The number of rotatable bonds is 2. The van der Waals surface area contributed by atoms with E-state index in [0.29, 0.717) is 26.6 Å². The van der Waals surface area contributed by atoms with Crippen LogP contribution >= 0.6 is 46.4 Å². The zero-order chi connectivity index (χ0) is 13.3. The molecule has 0 saturated carbocycles. The minimum atomic E-state index is 0.360. The van der Waals surface area contributed by atoms with Gasteiger partial charge in [0.1, 0.15) is 0 Å². The van der Waals surface area contributed by atoms with Crippen molar-refractivity contribution in [3.8, 4) is 11.1 Å². The van der Waals surface area contributed by atoms with Crippen LogP contribution in [0, 0.1) is 0 Å². The van der Waals surface area contributed by atoms with Crippen molar-refractivity contribution in [1.29, 1.82) is 0 Å². The molecule has 18 heavy (non-hydrogen) atoms. The van der Waals surface area contributed by atoms with Gasteiger partial charge in [0.15, 0.2) is 0 Å². The second kappa shape index (κ2) is 5.68. The highest BCUT2D eigenvalue weighted by atomic mass is 35.5. The molecule has 5 heteroatoms. The third-order valence-corrected chi connectivity index (χ3v) is 3.96. The number of nitrogens with two attached hydrogens (primary N) is 1. The van der Waals surface area contributed by atoms with Crippen molar-refractivity contribution >= 4 is 46.4 Å². The minimum absolute atomic E-state index is 0.360. The van der Waals surface area contributed by atoms with Crippen molar-refractivity contribution in [1.82, 2.24) is 0 Å². The lowest BCUT2D eigenvalue weighted by atomic mass is 10.0. The van der Waals surface area contributed by atoms with E-state index in [1.54, 1.807) is 18.2 Å². The van der Waals surface area contributed by atoms with E-state index in [4.69, 9.17) is 52.1 Å². The van der Waals surface area contributed by atoms with Gasteiger partial charge in [-0.15, -0.1) is 0 Å². The van der Waals surface area contributed by atoms with Gasteiger partial charge < -0.3 is 5.73 Å². The Hall–Kier alpha value is -0.440. The average Bonchev–Trinajstić information content (AvgIpc) is 2.34. The highest BCUT2D eigenvalue weighted by Gasteiger charge is 2.10. The van der Waals surface area contributed by atoms with Gasteiger partial charge >= 0.3 is 0 Å². The van der Waals surface area contributed by atoms with Crippen LogP contribution < -0.4 is 5.73 Å². The van der Waals surface area contributed by atoms with Crippen molar-refractivity contribution in [2.75, 3.05) is 0 Å². The maximum absolute atomic E-state index is 6.18. The summed E-state index contributed by atoms with van der Waals surface area (Å²) in [5, 5.41) is 2.05.